The molecule has 0 fully saturated rings. The second kappa shape index (κ2) is 9.49. The van der Waals surface area contributed by atoms with Crippen LogP contribution < -0.4 is 10.1 Å². The van der Waals surface area contributed by atoms with Crippen molar-refractivity contribution in [2.75, 3.05) is 5.32 Å². The summed E-state index contributed by atoms with van der Waals surface area (Å²) in [5.74, 6) is -1.97. The standard InChI is InChI=1S/C15H7F6N3O6.Na.H/c16-14(17,18)8-5-10(23(26)27)12(11(6-8)24(28)29)22-13(25)7-1-3-9(4-2-7)30-15(19,20)21;;/h1-6H,(H,22,25);;. The van der Waals surface area contributed by atoms with Crippen LogP contribution in [0.25, 0.3) is 0 Å². The van der Waals surface area contributed by atoms with E-state index < -0.39 is 62.2 Å². The van der Waals surface area contributed by atoms with Crippen molar-refractivity contribution < 1.29 is 45.7 Å². The molecule has 2 aromatic rings. The molecule has 0 spiro atoms. The number of carbonyl (C=O) groups excluding carboxylic acids is 1. The second-order valence-corrected chi connectivity index (χ2v) is 5.43. The molecule has 16 heteroatoms. The Balaban J connectivity index is 0.00000480. The Kier molecular flexibility index (Phi) is 7.99. The van der Waals surface area contributed by atoms with E-state index in [0.717, 1.165) is 24.3 Å². The van der Waals surface area contributed by atoms with Gasteiger partial charge >= 0.3 is 53.5 Å². The zero-order chi connectivity index (χ0) is 22.9. The van der Waals surface area contributed by atoms with Crippen molar-refractivity contribution in [1.29, 1.82) is 0 Å². The predicted molar refractivity (Wildman–Crippen MR) is 93.0 cm³/mol. The average Bonchev–Trinajstić information content (AvgIpc) is 2.59. The molecule has 1 amide bonds. The number of alkyl halides is 6. The summed E-state index contributed by atoms with van der Waals surface area (Å²) in [5, 5.41) is 24.0. The number of hydrogen-bond donors (Lipinski definition) is 1. The third-order valence-corrected chi connectivity index (χ3v) is 3.41. The first-order valence-corrected chi connectivity index (χ1v) is 7.40. The molecule has 31 heavy (non-hydrogen) atoms. The van der Waals surface area contributed by atoms with E-state index >= 15 is 0 Å². The SMILES string of the molecule is O=C(Nc1c([N+](=O)[O-])cc(C(F)(F)F)cc1[N+](=O)[O-])c1ccc(OC(F)(F)F)cc1.[NaH]. The summed E-state index contributed by atoms with van der Waals surface area (Å²) in [6.45, 7) is 0. The van der Waals surface area contributed by atoms with Crippen LogP contribution in [0.4, 0.5) is 43.4 Å². The summed E-state index contributed by atoms with van der Waals surface area (Å²) in [6.07, 6.45) is -10.2. The van der Waals surface area contributed by atoms with Crippen molar-refractivity contribution in [2.45, 2.75) is 12.5 Å². The Morgan fingerprint density at radius 3 is 1.71 bits per heavy atom. The molecule has 0 bridgehead atoms. The van der Waals surface area contributed by atoms with E-state index in [0.29, 0.717) is 0 Å². The molecule has 1 N–H and O–H groups in total. The van der Waals surface area contributed by atoms with Gasteiger partial charge in [-0.05, 0) is 24.3 Å². The second-order valence-electron chi connectivity index (χ2n) is 5.43. The predicted octanol–water partition coefficient (Wildman–Crippen LogP) is 4.02. The van der Waals surface area contributed by atoms with Crippen molar-refractivity contribution in [3.63, 3.8) is 0 Å². The van der Waals surface area contributed by atoms with Crippen LogP contribution in [0.2, 0.25) is 0 Å². The third kappa shape index (κ3) is 6.80. The Bertz CT molecular complexity index is 975. The minimum atomic E-state index is -5.15. The average molecular weight is 463 g/mol. The number of carbonyl (C=O) groups is 1. The van der Waals surface area contributed by atoms with Gasteiger partial charge in [-0.15, -0.1) is 13.2 Å². The van der Waals surface area contributed by atoms with Gasteiger partial charge < -0.3 is 10.1 Å². The van der Waals surface area contributed by atoms with Crippen LogP contribution in [0.5, 0.6) is 5.75 Å². The van der Waals surface area contributed by atoms with Crippen LogP contribution in [-0.2, 0) is 6.18 Å². The normalized spacial score (nSPS) is 11.3. The van der Waals surface area contributed by atoms with Gasteiger partial charge in [0.1, 0.15) is 5.75 Å². The summed E-state index contributed by atoms with van der Waals surface area (Å²) in [5.41, 5.74) is -6.03. The summed E-state index contributed by atoms with van der Waals surface area (Å²) in [6, 6.07) is 3.05. The quantitative estimate of drug-likeness (QED) is 0.309. The van der Waals surface area contributed by atoms with E-state index in [-0.39, 0.29) is 41.7 Å². The van der Waals surface area contributed by atoms with Crippen LogP contribution in [0.15, 0.2) is 36.4 Å². The van der Waals surface area contributed by atoms with Crippen LogP contribution >= 0.6 is 0 Å². The molecule has 9 nitrogen and oxygen atoms in total. The van der Waals surface area contributed by atoms with Gasteiger partial charge in [-0.3, -0.25) is 25.0 Å². The molecular formula is C15H8F6N3NaO6. The number of nitrogens with zero attached hydrogens (tertiary/aromatic N) is 2. The molecule has 0 heterocycles. The number of hydrogen-bond acceptors (Lipinski definition) is 6. The fourth-order valence-electron chi connectivity index (χ4n) is 2.19. The van der Waals surface area contributed by atoms with Gasteiger partial charge in [0.15, 0.2) is 5.69 Å². The number of ether oxygens (including phenoxy) is 1. The zero-order valence-electron chi connectivity index (χ0n) is 14.1. The topological polar surface area (TPSA) is 125 Å². The number of benzene rings is 2. The number of rotatable bonds is 5. The van der Waals surface area contributed by atoms with Crippen LogP contribution in [-0.4, -0.2) is 51.7 Å². The minimum absolute atomic E-state index is 0. The van der Waals surface area contributed by atoms with Gasteiger partial charge in [-0.1, -0.05) is 0 Å². The van der Waals surface area contributed by atoms with Gasteiger partial charge in [-0.2, -0.15) is 13.2 Å². The first-order valence-electron chi connectivity index (χ1n) is 7.40. The summed E-state index contributed by atoms with van der Waals surface area (Å²) in [4.78, 5) is 31.7. The van der Waals surface area contributed by atoms with Crippen molar-refractivity contribution in [2.24, 2.45) is 0 Å². The van der Waals surface area contributed by atoms with Gasteiger partial charge in [0.2, 0.25) is 0 Å². The molecule has 0 aromatic heterocycles. The first kappa shape index (κ1) is 26.1. The van der Waals surface area contributed by atoms with E-state index in [9.17, 15) is 51.4 Å². The summed E-state index contributed by atoms with van der Waals surface area (Å²) < 4.78 is 78.6. The van der Waals surface area contributed by atoms with Gasteiger partial charge in [0.25, 0.3) is 5.91 Å². The van der Waals surface area contributed by atoms with Gasteiger partial charge in [0, 0.05) is 17.7 Å². The van der Waals surface area contributed by atoms with E-state index in [1.54, 1.807) is 5.32 Å². The molecule has 0 aliphatic heterocycles. The van der Waals surface area contributed by atoms with Crippen molar-refractivity contribution in [3.05, 3.63) is 67.8 Å². The summed E-state index contributed by atoms with van der Waals surface area (Å²) in [7, 11) is 0. The number of anilines is 1. The van der Waals surface area contributed by atoms with E-state index in [1.807, 2.05) is 0 Å². The fraction of sp³-hybridized carbons (Fsp3) is 0.133. The van der Waals surface area contributed by atoms with E-state index in [1.165, 1.54) is 0 Å². The number of nitro benzene ring substituents is 2. The fourth-order valence-corrected chi connectivity index (χ4v) is 2.19. The molecule has 2 aromatic carbocycles. The zero-order valence-corrected chi connectivity index (χ0v) is 14.1. The van der Waals surface area contributed by atoms with E-state index in [4.69, 9.17) is 0 Å². The molecule has 0 saturated heterocycles. The number of amides is 1. The molecule has 0 atom stereocenters. The van der Waals surface area contributed by atoms with Crippen LogP contribution in [0.1, 0.15) is 15.9 Å². The number of nitrogens with one attached hydrogen (secondary N) is 1. The first-order chi connectivity index (χ1) is 13.7. The Morgan fingerprint density at radius 1 is 0.903 bits per heavy atom. The Morgan fingerprint density at radius 2 is 1.35 bits per heavy atom. The molecule has 0 saturated carbocycles. The van der Waals surface area contributed by atoms with Crippen LogP contribution in [0, 0.1) is 20.2 Å². The molecule has 0 aliphatic rings. The molecule has 0 unspecified atom stereocenters. The molecule has 0 radical (unpaired) electrons. The van der Waals surface area contributed by atoms with Crippen LogP contribution in [0.3, 0.4) is 0 Å². The Hall–Kier alpha value is -2.91. The Labute approximate surface area is 189 Å². The number of nitro groups is 2. The molecule has 162 valence electrons. The molecular weight excluding hydrogens is 455 g/mol. The van der Waals surface area contributed by atoms with Gasteiger partial charge in [-0.25, -0.2) is 0 Å². The maximum atomic E-state index is 12.9. The number of halogens is 6. The van der Waals surface area contributed by atoms with Crippen molar-refractivity contribution in [3.8, 4) is 5.75 Å². The summed E-state index contributed by atoms with van der Waals surface area (Å²) >= 11 is 0. The van der Waals surface area contributed by atoms with Crippen molar-refractivity contribution in [1.82, 2.24) is 0 Å². The van der Waals surface area contributed by atoms with E-state index in [2.05, 4.69) is 4.74 Å². The van der Waals surface area contributed by atoms with Gasteiger partial charge in [0.05, 0.1) is 15.4 Å². The third-order valence-electron chi connectivity index (χ3n) is 3.41. The molecule has 0 aliphatic carbocycles. The molecule has 2 rings (SSSR count). The van der Waals surface area contributed by atoms with Crippen molar-refractivity contribution >= 4 is 52.5 Å². The maximum absolute atomic E-state index is 12.9. The monoisotopic (exact) mass is 463 g/mol.